The van der Waals surface area contributed by atoms with Crippen LogP contribution in [-0.4, -0.2) is 21.6 Å². The topological polar surface area (TPSA) is 95.6 Å². The summed E-state index contributed by atoms with van der Waals surface area (Å²) in [6, 6.07) is 3.72. The van der Waals surface area contributed by atoms with Gasteiger partial charge in [-0.05, 0) is 25.1 Å². The summed E-state index contributed by atoms with van der Waals surface area (Å²) < 4.78 is 0. The Hall–Kier alpha value is -2.43. The van der Waals surface area contributed by atoms with Gasteiger partial charge in [-0.3, -0.25) is 4.79 Å². The standard InChI is InChI=1S/C12H12N4O/c1-7(11(14)17)4-10(13)9-5-8-2-3-15-12(8)16-6-9/h2-6,13H,1H3,(H2,14,17)(H,15,16)/b7-4-,13-10?. The molecule has 86 valence electrons. The highest BCUT2D eigenvalue weighted by Crippen LogP contribution is 2.12. The molecule has 0 bridgehead atoms. The number of H-pyrrole nitrogens is 1. The van der Waals surface area contributed by atoms with Crippen LogP contribution in [0.3, 0.4) is 0 Å². The molecule has 0 atom stereocenters. The lowest BCUT2D eigenvalue weighted by Crippen LogP contribution is -2.13. The lowest BCUT2D eigenvalue weighted by Gasteiger charge is -2.00. The third-order valence-corrected chi connectivity index (χ3v) is 2.46. The maximum Gasteiger partial charge on any atom is 0.244 e. The van der Waals surface area contributed by atoms with Crippen molar-refractivity contribution in [1.29, 1.82) is 5.41 Å². The number of primary amides is 1. The molecule has 0 fully saturated rings. The van der Waals surface area contributed by atoms with Gasteiger partial charge in [0.2, 0.25) is 5.91 Å². The van der Waals surface area contributed by atoms with Crippen molar-refractivity contribution in [3.8, 4) is 0 Å². The highest BCUT2D eigenvalue weighted by molar-refractivity contribution is 6.11. The van der Waals surface area contributed by atoms with Crippen LogP contribution in [0.4, 0.5) is 0 Å². The minimum Gasteiger partial charge on any atom is -0.366 e. The first-order valence-corrected chi connectivity index (χ1v) is 5.08. The number of nitrogens with zero attached hydrogens (tertiary/aromatic N) is 1. The molecule has 0 aromatic carbocycles. The summed E-state index contributed by atoms with van der Waals surface area (Å²) in [7, 11) is 0. The molecule has 0 saturated heterocycles. The maximum absolute atomic E-state index is 10.9. The molecular formula is C12H12N4O. The Morgan fingerprint density at radius 3 is 3.06 bits per heavy atom. The van der Waals surface area contributed by atoms with Gasteiger partial charge in [0.25, 0.3) is 0 Å². The number of allylic oxidation sites excluding steroid dienone is 1. The number of amides is 1. The van der Waals surface area contributed by atoms with E-state index in [-0.39, 0.29) is 5.71 Å². The molecule has 0 aliphatic carbocycles. The number of hydrogen-bond donors (Lipinski definition) is 3. The minimum atomic E-state index is -0.523. The molecule has 2 aromatic heterocycles. The van der Waals surface area contributed by atoms with Gasteiger partial charge in [0.1, 0.15) is 5.65 Å². The number of nitrogens with one attached hydrogen (secondary N) is 2. The van der Waals surface area contributed by atoms with Crippen molar-refractivity contribution >= 4 is 22.7 Å². The van der Waals surface area contributed by atoms with E-state index in [0.717, 1.165) is 11.0 Å². The number of aromatic amines is 1. The molecule has 4 N–H and O–H groups in total. The summed E-state index contributed by atoms with van der Waals surface area (Å²) >= 11 is 0. The molecule has 0 aliphatic rings. The van der Waals surface area contributed by atoms with Crippen molar-refractivity contribution in [3.63, 3.8) is 0 Å². The number of rotatable bonds is 3. The molecule has 1 amide bonds. The van der Waals surface area contributed by atoms with E-state index in [1.165, 1.54) is 6.08 Å². The summed E-state index contributed by atoms with van der Waals surface area (Å²) in [6.07, 6.45) is 4.82. The molecule has 0 spiro atoms. The highest BCUT2D eigenvalue weighted by atomic mass is 16.1. The van der Waals surface area contributed by atoms with Crippen molar-refractivity contribution < 1.29 is 4.79 Å². The second-order valence-corrected chi connectivity index (χ2v) is 3.74. The third-order valence-electron chi connectivity index (χ3n) is 2.46. The van der Waals surface area contributed by atoms with Crippen molar-refractivity contribution in [2.24, 2.45) is 5.73 Å². The quantitative estimate of drug-likeness (QED) is 0.546. The molecule has 2 heterocycles. The van der Waals surface area contributed by atoms with Gasteiger partial charge in [-0.2, -0.15) is 0 Å². The molecule has 2 aromatic rings. The summed E-state index contributed by atoms with van der Waals surface area (Å²) in [5.74, 6) is -0.523. The Morgan fingerprint density at radius 2 is 2.35 bits per heavy atom. The van der Waals surface area contributed by atoms with Crippen molar-refractivity contribution in [2.75, 3.05) is 0 Å². The Balaban J connectivity index is 2.36. The lowest BCUT2D eigenvalue weighted by molar-refractivity contribution is -0.114. The fourth-order valence-electron chi connectivity index (χ4n) is 1.46. The van der Waals surface area contributed by atoms with Crippen LogP contribution < -0.4 is 5.73 Å². The molecule has 0 unspecified atom stereocenters. The predicted molar refractivity (Wildman–Crippen MR) is 65.9 cm³/mol. The zero-order chi connectivity index (χ0) is 12.4. The van der Waals surface area contributed by atoms with E-state index >= 15 is 0 Å². The van der Waals surface area contributed by atoms with E-state index in [2.05, 4.69) is 9.97 Å². The van der Waals surface area contributed by atoms with E-state index in [0.29, 0.717) is 11.1 Å². The summed E-state index contributed by atoms with van der Waals surface area (Å²) in [5.41, 5.74) is 7.11. The number of fused-ring (bicyclic) bond motifs is 1. The van der Waals surface area contributed by atoms with Gasteiger partial charge in [-0.15, -0.1) is 0 Å². The smallest absolute Gasteiger partial charge is 0.244 e. The Labute approximate surface area is 97.9 Å². The van der Waals surface area contributed by atoms with Gasteiger partial charge in [-0.1, -0.05) is 0 Å². The number of carbonyl (C=O) groups is 1. The summed E-state index contributed by atoms with van der Waals surface area (Å²) in [5, 5.41) is 8.78. The maximum atomic E-state index is 10.9. The van der Waals surface area contributed by atoms with Crippen LogP contribution in [0.15, 0.2) is 36.2 Å². The average molecular weight is 228 g/mol. The van der Waals surface area contributed by atoms with Gasteiger partial charge in [0.15, 0.2) is 0 Å². The Kier molecular flexibility index (Phi) is 2.74. The van der Waals surface area contributed by atoms with Gasteiger partial charge < -0.3 is 16.1 Å². The SMILES string of the molecule is C/C(=C/C(=N)c1cnc2[nH]ccc2c1)C(N)=O. The van der Waals surface area contributed by atoms with E-state index in [4.69, 9.17) is 11.1 Å². The van der Waals surface area contributed by atoms with E-state index < -0.39 is 5.91 Å². The first-order chi connectivity index (χ1) is 8.08. The summed E-state index contributed by atoms with van der Waals surface area (Å²) in [4.78, 5) is 18.0. The predicted octanol–water partition coefficient (Wildman–Crippen LogP) is 1.36. The molecular weight excluding hydrogens is 216 g/mol. The lowest BCUT2D eigenvalue weighted by atomic mass is 10.1. The van der Waals surface area contributed by atoms with Crippen LogP contribution in [0.25, 0.3) is 11.0 Å². The van der Waals surface area contributed by atoms with E-state index in [1.807, 2.05) is 12.1 Å². The first-order valence-electron chi connectivity index (χ1n) is 5.08. The van der Waals surface area contributed by atoms with Crippen LogP contribution in [-0.2, 0) is 4.79 Å². The molecule has 2 rings (SSSR count). The second kappa shape index (κ2) is 4.21. The zero-order valence-corrected chi connectivity index (χ0v) is 9.32. The van der Waals surface area contributed by atoms with Gasteiger partial charge in [0, 0.05) is 28.9 Å². The average Bonchev–Trinajstić information content (AvgIpc) is 2.75. The number of pyridine rings is 1. The molecule has 5 nitrogen and oxygen atoms in total. The van der Waals surface area contributed by atoms with Crippen LogP contribution in [0.5, 0.6) is 0 Å². The second-order valence-electron chi connectivity index (χ2n) is 3.74. The van der Waals surface area contributed by atoms with Crippen molar-refractivity contribution in [3.05, 3.63) is 41.7 Å². The third kappa shape index (κ3) is 2.23. The van der Waals surface area contributed by atoms with Gasteiger partial charge in [0.05, 0.1) is 5.71 Å². The zero-order valence-electron chi connectivity index (χ0n) is 9.32. The van der Waals surface area contributed by atoms with Crippen LogP contribution in [0.2, 0.25) is 0 Å². The fraction of sp³-hybridized carbons (Fsp3) is 0.0833. The molecule has 0 saturated carbocycles. The largest absolute Gasteiger partial charge is 0.366 e. The monoisotopic (exact) mass is 228 g/mol. The molecule has 17 heavy (non-hydrogen) atoms. The molecule has 0 radical (unpaired) electrons. The minimum absolute atomic E-state index is 0.219. The normalized spacial score (nSPS) is 11.7. The highest BCUT2D eigenvalue weighted by Gasteiger charge is 2.04. The van der Waals surface area contributed by atoms with E-state index in [1.54, 1.807) is 19.3 Å². The fourth-order valence-corrected chi connectivity index (χ4v) is 1.46. The van der Waals surface area contributed by atoms with Crippen LogP contribution >= 0.6 is 0 Å². The molecule has 5 heteroatoms. The first kappa shape index (κ1) is 11.1. The van der Waals surface area contributed by atoms with Crippen molar-refractivity contribution in [2.45, 2.75) is 6.92 Å². The Bertz CT molecular complexity index is 624. The number of hydrogen-bond acceptors (Lipinski definition) is 3. The van der Waals surface area contributed by atoms with E-state index in [9.17, 15) is 4.79 Å². The van der Waals surface area contributed by atoms with Gasteiger partial charge >= 0.3 is 0 Å². The summed E-state index contributed by atoms with van der Waals surface area (Å²) in [6.45, 7) is 1.58. The van der Waals surface area contributed by atoms with Crippen LogP contribution in [0, 0.1) is 5.41 Å². The number of aromatic nitrogens is 2. The Morgan fingerprint density at radius 1 is 1.59 bits per heavy atom. The van der Waals surface area contributed by atoms with Gasteiger partial charge in [-0.25, -0.2) is 4.98 Å². The molecule has 0 aliphatic heterocycles. The van der Waals surface area contributed by atoms with Crippen LogP contribution in [0.1, 0.15) is 12.5 Å². The van der Waals surface area contributed by atoms with Crippen molar-refractivity contribution in [1.82, 2.24) is 9.97 Å². The number of nitrogens with two attached hydrogens (primary N) is 1. The number of carbonyl (C=O) groups excluding carboxylic acids is 1.